The van der Waals surface area contributed by atoms with E-state index in [1.165, 1.54) is 14.0 Å². The number of benzene rings is 1. The van der Waals surface area contributed by atoms with Gasteiger partial charge in [0.1, 0.15) is 5.70 Å². The second-order valence-electron chi connectivity index (χ2n) is 3.48. The summed E-state index contributed by atoms with van der Waals surface area (Å²) in [5.41, 5.74) is 1.23. The molecule has 0 aliphatic rings. The average Bonchev–Trinajstić information content (AvgIpc) is 2.34. The van der Waals surface area contributed by atoms with Gasteiger partial charge >= 0.3 is 5.97 Å². The van der Waals surface area contributed by atoms with E-state index in [2.05, 4.69) is 10.1 Å². The Morgan fingerprint density at radius 3 is 2.47 bits per heavy atom. The Balaban J connectivity index is 2.76. The third kappa shape index (κ3) is 4.51. The van der Waals surface area contributed by atoms with Crippen molar-refractivity contribution in [2.24, 2.45) is 0 Å². The molecule has 1 amide bonds. The van der Waals surface area contributed by atoms with Crippen LogP contribution in [0.5, 0.6) is 0 Å². The fraction of sp³-hybridized carbons (Fsp3) is 0.231. The number of ether oxygens (including phenoxy) is 1. The molecule has 1 aromatic carbocycles. The lowest BCUT2D eigenvalue weighted by molar-refractivity contribution is -0.137. The molecule has 0 radical (unpaired) electrons. The maximum atomic E-state index is 11.4. The average molecular weight is 233 g/mol. The first-order chi connectivity index (χ1) is 8.13. The Morgan fingerprint density at radius 1 is 1.29 bits per heavy atom. The van der Waals surface area contributed by atoms with E-state index < -0.39 is 5.97 Å². The normalized spacial score (nSPS) is 10.8. The van der Waals surface area contributed by atoms with Crippen molar-refractivity contribution < 1.29 is 14.3 Å². The largest absolute Gasteiger partial charge is 0.464 e. The minimum Gasteiger partial charge on any atom is -0.464 e. The van der Waals surface area contributed by atoms with Crippen LogP contribution in [-0.4, -0.2) is 19.0 Å². The first-order valence-corrected chi connectivity index (χ1v) is 5.23. The number of methoxy groups -OCH3 is 1. The molecule has 17 heavy (non-hydrogen) atoms. The molecule has 0 aliphatic carbocycles. The summed E-state index contributed by atoms with van der Waals surface area (Å²) < 4.78 is 4.58. The van der Waals surface area contributed by atoms with E-state index >= 15 is 0 Å². The molecule has 0 atom stereocenters. The topological polar surface area (TPSA) is 55.4 Å². The van der Waals surface area contributed by atoms with Crippen molar-refractivity contribution in [3.63, 3.8) is 0 Å². The van der Waals surface area contributed by atoms with Crippen molar-refractivity contribution in [1.29, 1.82) is 0 Å². The summed E-state index contributed by atoms with van der Waals surface area (Å²) in [5, 5.41) is 2.45. The van der Waals surface area contributed by atoms with E-state index in [9.17, 15) is 9.59 Å². The molecule has 0 saturated carbocycles. The first kappa shape index (κ1) is 13.0. The highest BCUT2D eigenvalue weighted by molar-refractivity contribution is 5.93. The second kappa shape index (κ2) is 6.48. The number of hydrogen-bond acceptors (Lipinski definition) is 3. The van der Waals surface area contributed by atoms with Gasteiger partial charge in [0.2, 0.25) is 5.91 Å². The molecule has 0 aliphatic heterocycles. The number of rotatable bonds is 4. The van der Waals surface area contributed by atoms with Crippen molar-refractivity contribution in [2.75, 3.05) is 7.11 Å². The van der Waals surface area contributed by atoms with Gasteiger partial charge in [-0.2, -0.15) is 0 Å². The summed E-state index contributed by atoms with van der Waals surface area (Å²) in [6.45, 7) is 1.35. The van der Waals surface area contributed by atoms with Gasteiger partial charge in [-0.15, -0.1) is 0 Å². The van der Waals surface area contributed by atoms with Gasteiger partial charge in [-0.3, -0.25) is 4.79 Å². The van der Waals surface area contributed by atoms with Gasteiger partial charge < -0.3 is 10.1 Å². The van der Waals surface area contributed by atoms with E-state index in [-0.39, 0.29) is 11.6 Å². The highest BCUT2D eigenvalue weighted by Crippen LogP contribution is 2.03. The molecule has 0 aromatic heterocycles. The summed E-state index contributed by atoms with van der Waals surface area (Å²) in [7, 11) is 1.28. The predicted molar refractivity (Wildman–Crippen MR) is 64.1 cm³/mol. The lowest BCUT2D eigenvalue weighted by Crippen LogP contribution is -2.25. The van der Waals surface area contributed by atoms with E-state index in [1.807, 2.05) is 30.3 Å². The molecule has 0 heterocycles. The van der Waals surface area contributed by atoms with E-state index in [0.29, 0.717) is 6.42 Å². The zero-order chi connectivity index (χ0) is 12.7. The van der Waals surface area contributed by atoms with Crippen LogP contribution in [0.25, 0.3) is 0 Å². The van der Waals surface area contributed by atoms with E-state index in [4.69, 9.17) is 0 Å². The van der Waals surface area contributed by atoms with E-state index in [1.54, 1.807) is 6.08 Å². The number of nitrogens with one attached hydrogen (secondary N) is 1. The second-order valence-corrected chi connectivity index (χ2v) is 3.48. The number of carbonyl (C=O) groups excluding carboxylic acids is 2. The molecule has 0 bridgehead atoms. The summed E-state index contributed by atoms with van der Waals surface area (Å²) in [5.74, 6) is -0.842. The Labute approximate surface area is 100 Å². The SMILES string of the molecule is COC(=O)/C(=C/Cc1ccccc1)NC(C)=O. The Kier molecular flexibility index (Phi) is 4.94. The van der Waals surface area contributed by atoms with Crippen LogP contribution in [0.4, 0.5) is 0 Å². The maximum Gasteiger partial charge on any atom is 0.354 e. The van der Waals surface area contributed by atoms with Gasteiger partial charge in [0, 0.05) is 6.92 Å². The summed E-state index contributed by atoms with van der Waals surface area (Å²) in [6.07, 6.45) is 2.20. The van der Waals surface area contributed by atoms with Gasteiger partial charge in [0.15, 0.2) is 0 Å². The van der Waals surface area contributed by atoms with Crippen molar-refractivity contribution in [3.05, 3.63) is 47.7 Å². The highest BCUT2D eigenvalue weighted by Gasteiger charge is 2.10. The van der Waals surface area contributed by atoms with Gasteiger partial charge in [0.25, 0.3) is 0 Å². The third-order valence-corrected chi connectivity index (χ3v) is 2.10. The number of carbonyl (C=O) groups is 2. The van der Waals surface area contributed by atoms with E-state index in [0.717, 1.165) is 5.56 Å². The number of allylic oxidation sites excluding steroid dienone is 1. The predicted octanol–water partition coefficient (Wildman–Crippen LogP) is 1.42. The molecule has 0 fully saturated rings. The Bertz CT molecular complexity index is 424. The first-order valence-electron chi connectivity index (χ1n) is 5.23. The number of hydrogen-bond donors (Lipinski definition) is 1. The van der Waals surface area contributed by atoms with Crippen molar-refractivity contribution in [1.82, 2.24) is 5.32 Å². The Hall–Kier alpha value is -2.10. The van der Waals surface area contributed by atoms with Gasteiger partial charge in [-0.05, 0) is 18.1 Å². The van der Waals surface area contributed by atoms with Crippen LogP contribution in [0.15, 0.2) is 42.1 Å². The molecule has 4 heteroatoms. The monoisotopic (exact) mass is 233 g/mol. The van der Waals surface area contributed by atoms with Crippen LogP contribution < -0.4 is 5.32 Å². The van der Waals surface area contributed by atoms with Crippen LogP contribution in [0.1, 0.15) is 12.5 Å². The fourth-order valence-electron chi connectivity index (χ4n) is 1.32. The zero-order valence-electron chi connectivity index (χ0n) is 9.90. The molecule has 90 valence electrons. The third-order valence-electron chi connectivity index (χ3n) is 2.10. The van der Waals surface area contributed by atoms with Gasteiger partial charge in [-0.25, -0.2) is 4.79 Å². The number of amides is 1. The van der Waals surface area contributed by atoms with Crippen molar-refractivity contribution >= 4 is 11.9 Å². The molecule has 0 spiro atoms. The summed E-state index contributed by atoms with van der Waals surface area (Å²) in [6, 6.07) is 9.64. The minimum absolute atomic E-state index is 0.170. The zero-order valence-corrected chi connectivity index (χ0v) is 9.90. The molecular formula is C13H15NO3. The van der Waals surface area contributed by atoms with Crippen LogP contribution in [0.3, 0.4) is 0 Å². The Morgan fingerprint density at radius 2 is 1.94 bits per heavy atom. The molecule has 4 nitrogen and oxygen atoms in total. The van der Waals surface area contributed by atoms with Gasteiger partial charge in [0.05, 0.1) is 7.11 Å². The molecule has 0 unspecified atom stereocenters. The number of esters is 1. The highest BCUT2D eigenvalue weighted by atomic mass is 16.5. The van der Waals surface area contributed by atoms with Crippen molar-refractivity contribution in [3.8, 4) is 0 Å². The van der Waals surface area contributed by atoms with Crippen LogP contribution in [0, 0.1) is 0 Å². The molecule has 1 N–H and O–H groups in total. The molecular weight excluding hydrogens is 218 g/mol. The summed E-state index contributed by atoms with van der Waals surface area (Å²) >= 11 is 0. The summed E-state index contributed by atoms with van der Waals surface area (Å²) in [4.78, 5) is 22.3. The smallest absolute Gasteiger partial charge is 0.354 e. The molecule has 0 saturated heterocycles. The van der Waals surface area contributed by atoms with Crippen LogP contribution >= 0.6 is 0 Å². The minimum atomic E-state index is -0.545. The quantitative estimate of drug-likeness (QED) is 0.632. The van der Waals surface area contributed by atoms with Crippen LogP contribution in [0.2, 0.25) is 0 Å². The fourth-order valence-corrected chi connectivity index (χ4v) is 1.32. The lowest BCUT2D eigenvalue weighted by atomic mass is 10.1. The standard InChI is InChI=1S/C13H15NO3/c1-10(15)14-12(13(16)17-2)9-8-11-6-4-3-5-7-11/h3-7,9H,8H2,1-2H3,(H,14,15)/b12-9-. The maximum absolute atomic E-state index is 11.4. The molecule has 1 rings (SSSR count). The van der Waals surface area contributed by atoms with Crippen molar-refractivity contribution in [2.45, 2.75) is 13.3 Å². The van der Waals surface area contributed by atoms with Gasteiger partial charge in [-0.1, -0.05) is 30.3 Å². The molecule has 1 aromatic rings. The lowest BCUT2D eigenvalue weighted by Gasteiger charge is -2.05. The van der Waals surface area contributed by atoms with Crippen LogP contribution in [-0.2, 0) is 20.7 Å².